The molecule has 1 aromatic heterocycles. The van der Waals surface area contributed by atoms with Crippen molar-refractivity contribution < 1.29 is 13.2 Å². The molecule has 3 N–H and O–H groups in total. The van der Waals surface area contributed by atoms with E-state index < -0.39 is 12.6 Å². The quantitative estimate of drug-likeness (QED) is 0.827. The van der Waals surface area contributed by atoms with Crippen LogP contribution in [-0.2, 0) is 0 Å². The monoisotopic (exact) mass is 274 g/mol. The molecule has 0 radical (unpaired) electrons. The van der Waals surface area contributed by atoms with Gasteiger partial charge in [-0.25, -0.2) is 0 Å². The fourth-order valence-corrected chi connectivity index (χ4v) is 2.15. The molecule has 0 aliphatic rings. The number of rotatable bonds is 4. The number of nitrogens with one attached hydrogen (secondary N) is 1. The van der Waals surface area contributed by atoms with Gasteiger partial charge >= 0.3 is 6.18 Å². The van der Waals surface area contributed by atoms with Gasteiger partial charge in [0, 0.05) is 13.0 Å². The number of anilines is 2. The molecular weight excluding hydrogens is 265 g/mol. The van der Waals surface area contributed by atoms with E-state index in [2.05, 4.69) is 5.32 Å². The van der Waals surface area contributed by atoms with Crippen LogP contribution in [0.2, 0.25) is 0 Å². The molecule has 0 saturated carbocycles. The molecule has 4 nitrogen and oxygen atoms in total. The second-order valence-electron chi connectivity index (χ2n) is 3.42. The molecule has 96 valence electrons. The lowest BCUT2D eigenvalue weighted by Crippen LogP contribution is -2.10. The maximum absolute atomic E-state index is 11.9. The Morgan fingerprint density at radius 2 is 1.94 bits per heavy atom. The highest BCUT2D eigenvalue weighted by atomic mass is 32.1. The fourth-order valence-electron chi connectivity index (χ4n) is 1.25. The molecule has 0 aliphatic heterocycles. The highest BCUT2D eigenvalue weighted by Crippen LogP contribution is 2.34. The first kappa shape index (κ1) is 14.1. The van der Waals surface area contributed by atoms with Crippen LogP contribution in [-0.4, -0.2) is 12.7 Å². The van der Waals surface area contributed by atoms with Crippen molar-refractivity contribution in [1.29, 1.82) is 10.5 Å². The van der Waals surface area contributed by atoms with Crippen molar-refractivity contribution in [3.8, 4) is 12.1 Å². The van der Waals surface area contributed by atoms with Crippen molar-refractivity contribution in [1.82, 2.24) is 0 Å². The maximum Gasteiger partial charge on any atom is 0.389 e. The topological polar surface area (TPSA) is 85.6 Å². The highest BCUT2D eigenvalue weighted by Gasteiger charge is 2.26. The maximum atomic E-state index is 11.9. The van der Waals surface area contributed by atoms with Crippen LogP contribution in [0.3, 0.4) is 0 Å². The average Bonchev–Trinajstić information content (AvgIpc) is 2.59. The summed E-state index contributed by atoms with van der Waals surface area (Å²) in [6.45, 7) is 0.0685. The Balaban J connectivity index is 2.64. The number of halogens is 3. The minimum absolute atomic E-state index is 0.0685. The van der Waals surface area contributed by atoms with Gasteiger partial charge in [-0.3, -0.25) is 0 Å². The van der Waals surface area contributed by atoms with Crippen molar-refractivity contribution in [2.75, 3.05) is 17.6 Å². The lowest BCUT2D eigenvalue weighted by Gasteiger charge is -2.07. The third kappa shape index (κ3) is 3.54. The minimum atomic E-state index is -4.19. The summed E-state index contributed by atoms with van der Waals surface area (Å²) in [5.41, 5.74) is 5.73. The number of nitriles is 2. The number of nitrogens with zero attached hydrogens (tertiary/aromatic N) is 2. The van der Waals surface area contributed by atoms with Crippen molar-refractivity contribution in [3.05, 3.63) is 10.4 Å². The smallest absolute Gasteiger partial charge is 0.389 e. The van der Waals surface area contributed by atoms with Crippen LogP contribution >= 0.6 is 11.3 Å². The molecule has 0 aliphatic carbocycles. The lowest BCUT2D eigenvalue weighted by molar-refractivity contribution is -0.134. The molecule has 18 heavy (non-hydrogen) atoms. The van der Waals surface area contributed by atoms with Gasteiger partial charge in [0.25, 0.3) is 0 Å². The molecule has 0 aromatic carbocycles. The first-order valence-electron chi connectivity index (χ1n) is 4.92. The summed E-state index contributed by atoms with van der Waals surface area (Å²) in [7, 11) is 0. The second-order valence-corrected chi connectivity index (χ2v) is 4.44. The number of alkyl halides is 3. The summed E-state index contributed by atoms with van der Waals surface area (Å²) in [6.07, 6.45) is -5.19. The van der Waals surface area contributed by atoms with Crippen molar-refractivity contribution in [3.63, 3.8) is 0 Å². The van der Waals surface area contributed by atoms with Crippen LogP contribution in [0.25, 0.3) is 0 Å². The second kappa shape index (κ2) is 5.61. The Morgan fingerprint density at radius 3 is 2.44 bits per heavy atom. The van der Waals surface area contributed by atoms with Gasteiger partial charge in [-0.2, -0.15) is 23.7 Å². The zero-order chi connectivity index (χ0) is 13.8. The zero-order valence-electron chi connectivity index (χ0n) is 9.14. The predicted octanol–water partition coefficient (Wildman–Crippen LogP) is 2.83. The van der Waals surface area contributed by atoms with Crippen molar-refractivity contribution in [2.45, 2.75) is 19.0 Å². The summed E-state index contributed by atoms with van der Waals surface area (Å²) in [6, 6.07) is 3.65. The van der Waals surface area contributed by atoms with E-state index in [1.54, 1.807) is 0 Å². The summed E-state index contributed by atoms with van der Waals surface area (Å²) in [4.78, 5) is 0.185. The molecule has 0 fully saturated rings. The van der Waals surface area contributed by atoms with Gasteiger partial charge in [0.15, 0.2) is 0 Å². The summed E-state index contributed by atoms with van der Waals surface area (Å²) in [5.74, 6) is 0. The Morgan fingerprint density at radius 1 is 1.28 bits per heavy atom. The molecule has 8 heteroatoms. The van der Waals surface area contributed by atoms with Crippen LogP contribution in [0, 0.1) is 22.7 Å². The highest BCUT2D eigenvalue weighted by molar-refractivity contribution is 7.17. The standard InChI is InChI=1S/C10H9F3N4S/c11-10(12,13)2-1-3-17-9-6(4-14)8(16)7(5-15)18-9/h17H,1-3,16H2. The van der Waals surface area contributed by atoms with E-state index in [0.717, 1.165) is 11.3 Å². The Labute approximate surface area is 105 Å². The van der Waals surface area contributed by atoms with Crippen LogP contribution in [0.15, 0.2) is 0 Å². The summed E-state index contributed by atoms with van der Waals surface area (Å²) < 4.78 is 35.7. The van der Waals surface area contributed by atoms with Crippen LogP contribution < -0.4 is 11.1 Å². The molecule has 0 unspecified atom stereocenters. The van der Waals surface area contributed by atoms with Gasteiger partial charge < -0.3 is 11.1 Å². The number of nitrogen functional groups attached to an aromatic ring is 1. The van der Waals surface area contributed by atoms with E-state index >= 15 is 0 Å². The first-order chi connectivity index (χ1) is 8.39. The van der Waals surface area contributed by atoms with E-state index in [4.69, 9.17) is 16.3 Å². The van der Waals surface area contributed by atoms with E-state index in [9.17, 15) is 13.2 Å². The average molecular weight is 274 g/mol. The predicted molar refractivity (Wildman–Crippen MR) is 61.9 cm³/mol. The molecule has 0 saturated heterocycles. The van der Waals surface area contributed by atoms with Gasteiger partial charge in [-0.1, -0.05) is 0 Å². The van der Waals surface area contributed by atoms with Crippen molar-refractivity contribution in [2.24, 2.45) is 0 Å². The molecule has 1 aromatic rings. The van der Waals surface area contributed by atoms with Crippen LogP contribution in [0.5, 0.6) is 0 Å². The normalized spacial score (nSPS) is 10.7. The first-order valence-corrected chi connectivity index (χ1v) is 5.73. The van der Waals surface area contributed by atoms with Gasteiger partial charge in [0.1, 0.15) is 27.6 Å². The Hall–Kier alpha value is -1.93. The molecule has 0 spiro atoms. The Bertz CT molecular complexity index is 507. The number of hydrogen-bond donors (Lipinski definition) is 2. The molecule has 0 amide bonds. The van der Waals surface area contributed by atoms with Gasteiger partial charge in [0.2, 0.25) is 0 Å². The third-order valence-corrected chi connectivity index (χ3v) is 3.15. The summed E-state index contributed by atoms with van der Waals surface area (Å²) >= 11 is 0.968. The third-order valence-electron chi connectivity index (χ3n) is 2.08. The Kier molecular flexibility index (Phi) is 4.40. The molecule has 0 atom stereocenters. The van der Waals surface area contributed by atoms with Crippen LogP contribution in [0.4, 0.5) is 23.9 Å². The van der Waals surface area contributed by atoms with Crippen LogP contribution in [0.1, 0.15) is 23.3 Å². The van der Waals surface area contributed by atoms with Gasteiger partial charge in [-0.15, -0.1) is 11.3 Å². The molecule has 1 heterocycles. The molecular formula is C10H9F3N4S. The van der Waals surface area contributed by atoms with Gasteiger partial charge in [0.05, 0.1) is 5.69 Å². The zero-order valence-corrected chi connectivity index (χ0v) is 9.95. The van der Waals surface area contributed by atoms with Gasteiger partial charge in [-0.05, 0) is 6.42 Å². The molecule has 1 rings (SSSR count). The minimum Gasteiger partial charge on any atom is -0.396 e. The van der Waals surface area contributed by atoms with Crippen molar-refractivity contribution >= 4 is 22.0 Å². The van der Waals surface area contributed by atoms with E-state index in [0.29, 0.717) is 5.00 Å². The largest absolute Gasteiger partial charge is 0.396 e. The molecule has 0 bridgehead atoms. The number of hydrogen-bond acceptors (Lipinski definition) is 5. The number of nitrogens with two attached hydrogens (primary N) is 1. The summed E-state index contributed by atoms with van der Waals surface area (Å²) in [5, 5.41) is 20.6. The van der Waals surface area contributed by atoms with E-state index in [1.165, 1.54) is 0 Å². The lowest BCUT2D eigenvalue weighted by atomic mass is 10.2. The number of thiophene rings is 1. The SMILES string of the molecule is N#Cc1sc(NCCCC(F)(F)F)c(C#N)c1N. The fraction of sp³-hybridized carbons (Fsp3) is 0.400. The van der Waals surface area contributed by atoms with E-state index in [-0.39, 0.29) is 29.1 Å². The van der Waals surface area contributed by atoms with E-state index in [1.807, 2.05) is 12.1 Å².